The van der Waals surface area contributed by atoms with E-state index in [0.717, 1.165) is 12.2 Å². The summed E-state index contributed by atoms with van der Waals surface area (Å²) >= 11 is 1.97. The Labute approximate surface area is 84.0 Å². The minimum absolute atomic E-state index is 0.147. The van der Waals surface area contributed by atoms with E-state index in [-0.39, 0.29) is 6.61 Å². The van der Waals surface area contributed by atoms with Crippen molar-refractivity contribution in [2.75, 3.05) is 11.5 Å². The number of aromatic nitrogens is 1. The van der Waals surface area contributed by atoms with E-state index in [1.54, 1.807) is 0 Å². The van der Waals surface area contributed by atoms with Crippen LogP contribution >= 0.6 is 11.8 Å². The summed E-state index contributed by atoms with van der Waals surface area (Å²) in [7, 11) is 0. The van der Waals surface area contributed by atoms with Gasteiger partial charge in [0.1, 0.15) is 0 Å². The molecule has 1 heterocycles. The molecule has 1 aromatic rings. The highest BCUT2D eigenvalue weighted by molar-refractivity contribution is 7.99. The third-order valence-electron chi connectivity index (χ3n) is 1.98. The van der Waals surface area contributed by atoms with Crippen LogP contribution in [0.25, 0.3) is 0 Å². The van der Waals surface area contributed by atoms with Gasteiger partial charge in [0.05, 0.1) is 6.61 Å². The molecule has 0 spiro atoms. The highest BCUT2D eigenvalue weighted by Crippen LogP contribution is 2.06. The standard InChI is InChI=1S/C10H17NOS/c1-2-13-8-4-7-11-6-3-5-10(11)9-12/h3,5-6,12H,2,4,7-9H2,1H3. The lowest BCUT2D eigenvalue weighted by atomic mass is 10.4. The number of hydrogen-bond acceptors (Lipinski definition) is 2. The van der Waals surface area contributed by atoms with Crippen molar-refractivity contribution in [3.8, 4) is 0 Å². The van der Waals surface area contributed by atoms with Crippen molar-refractivity contribution in [1.82, 2.24) is 4.57 Å². The largest absolute Gasteiger partial charge is 0.390 e. The summed E-state index contributed by atoms with van der Waals surface area (Å²) in [4.78, 5) is 0. The monoisotopic (exact) mass is 199 g/mol. The third kappa shape index (κ3) is 3.44. The fourth-order valence-corrected chi connectivity index (χ4v) is 1.91. The van der Waals surface area contributed by atoms with E-state index in [1.165, 1.54) is 17.9 Å². The van der Waals surface area contributed by atoms with Crippen molar-refractivity contribution in [3.63, 3.8) is 0 Å². The maximum Gasteiger partial charge on any atom is 0.0832 e. The lowest BCUT2D eigenvalue weighted by Crippen LogP contribution is -2.02. The van der Waals surface area contributed by atoms with Gasteiger partial charge in [0.25, 0.3) is 0 Å². The minimum atomic E-state index is 0.147. The number of aliphatic hydroxyl groups is 1. The van der Waals surface area contributed by atoms with E-state index in [0.29, 0.717) is 0 Å². The Balaban J connectivity index is 2.27. The number of nitrogens with zero attached hydrogens (tertiary/aromatic N) is 1. The van der Waals surface area contributed by atoms with E-state index >= 15 is 0 Å². The molecule has 0 aliphatic heterocycles. The second-order valence-electron chi connectivity index (χ2n) is 2.90. The molecule has 0 bridgehead atoms. The predicted octanol–water partition coefficient (Wildman–Crippen LogP) is 2.12. The number of hydrogen-bond donors (Lipinski definition) is 1. The van der Waals surface area contributed by atoms with Crippen LogP contribution in [-0.2, 0) is 13.2 Å². The SMILES string of the molecule is CCSCCCn1cccc1CO. The van der Waals surface area contributed by atoms with Crippen molar-refractivity contribution in [1.29, 1.82) is 0 Å². The van der Waals surface area contributed by atoms with E-state index < -0.39 is 0 Å². The Morgan fingerprint density at radius 2 is 2.38 bits per heavy atom. The smallest absolute Gasteiger partial charge is 0.0832 e. The zero-order valence-corrected chi connectivity index (χ0v) is 8.89. The van der Waals surface area contributed by atoms with Crippen molar-refractivity contribution in [2.45, 2.75) is 26.5 Å². The number of aryl methyl sites for hydroxylation is 1. The second kappa shape index (κ2) is 6.11. The van der Waals surface area contributed by atoms with Gasteiger partial charge in [-0.2, -0.15) is 11.8 Å². The summed E-state index contributed by atoms with van der Waals surface area (Å²) in [6.45, 7) is 3.35. The Kier molecular flexibility index (Phi) is 5.01. The average molecular weight is 199 g/mol. The number of rotatable bonds is 6. The van der Waals surface area contributed by atoms with Crippen molar-refractivity contribution >= 4 is 11.8 Å². The van der Waals surface area contributed by atoms with E-state index in [9.17, 15) is 0 Å². The van der Waals surface area contributed by atoms with Gasteiger partial charge in [0, 0.05) is 18.4 Å². The normalized spacial score (nSPS) is 10.6. The third-order valence-corrected chi connectivity index (χ3v) is 2.96. The van der Waals surface area contributed by atoms with Gasteiger partial charge in [-0.05, 0) is 30.1 Å². The van der Waals surface area contributed by atoms with Gasteiger partial charge in [-0.3, -0.25) is 0 Å². The molecule has 0 amide bonds. The van der Waals surface area contributed by atoms with Crippen LogP contribution in [-0.4, -0.2) is 21.2 Å². The molecule has 0 aliphatic carbocycles. The molecule has 0 aromatic carbocycles. The Morgan fingerprint density at radius 3 is 3.08 bits per heavy atom. The van der Waals surface area contributed by atoms with Crippen LogP contribution in [0.15, 0.2) is 18.3 Å². The first-order valence-electron chi connectivity index (χ1n) is 4.71. The fourth-order valence-electron chi connectivity index (χ4n) is 1.29. The summed E-state index contributed by atoms with van der Waals surface area (Å²) in [5.41, 5.74) is 1.02. The highest BCUT2D eigenvalue weighted by atomic mass is 32.2. The summed E-state index contributed by atoms with van der Waals surface area (Å²) in [6, 6.07) is 3.95. The van der Waals surface area contributed by atoms with Gasteiger partial charge >= 0.3 is 0 Å². The van der Waals surface area contributed by atoms with Crippen LogP contribution in [0.1, 0.15) is 19.0 Å². The Morgan fingerprint density at radius 1 is 1.54 bits per heavy atom. The molecule has 0 saturated carbocycles. The molecule has 0 saturated heterocycles. The molecule has 2 nitrogen and oxygen atoms in total. The first-order chi connectivity index (χ1) is 6.38. The zero-order chi connectivity index (χ0) is 9.52. The molecule has 74 valence electrons. The molecular weight excluding hydrogens is 182 g/mol. The van der Waals surface area contributed by atoms with E-state index in [2.05, 4.69) is 11.5 Å². The topological polar surface area (TPSA) is 25.2 Å². The Bertz CT molecular complexity index is 235. The molecule has 13 heavy (non-hydrogen) atoms. The predicted molar refractivity (Wildman–Crippen MR) is 58.0 cm³/mol. The van der Waals surface area contributed by atoms with Crippen LogP contribution in [0.3, 0.4) is 0 Å². The molecule has 0 fully saturated rings. The first-order valence-corrected chi connectivity index (χ1v) is 5.86. The molecule has 1 N–H and O–H groups in total. The summed E-state index contributed by atoms with van der Waals surface area (Å²) in [5.74, 6) is 2.40. The lowest BCUT2D eigenvalue weighted by molar-refractivity contribution is 0.270. The molecule has 1 aromatic heterocycles. The molecule has 0 aliphatic rings. The molecule has 1 rings (SSSR count). The summed E-state index contributed by atoms with van der Waals surface area (Å²) in [5, 5.41) is 8.98. The fraction of sp³-hybridized carbons (Fsp3) is 0.600. The van der Waals surface area contributed by atoms with Crippen LogP contribution in [0, 0.1) is 0 Å². The van der Waals surface area contributed by atoms with Gasteiger partial charge in [-0.1, -0.05) is 6.92 Å². The lowest BCUT2D eigenvalue weighted by Gasteiger charge is -2.06. The van der Waals surface area contributed by atoms with Gasteiger partial charge in [-0.25, -0.2) is 0 Å². The second-order valence-corrected chi connectivity index (χ2v) is 4.30. The van der Waals surface area contributed by atoms with Crippen LogP contribution < -0.4 is 0 Å². The van der Waals surface area contributed by atoms with Crippen molar-refractivity contribution < 1.29 is 5.11 Å². The van der Waals surface area contributed by atoms with Crippen LogP contribution in [0.2, 0.25) is 0 Å². The first kappa shape index (κ1) is 10.7. The molecule has 0 radical (unpaired) electrons. The molecular formula is C10H17NOS. The summed E-state index contributed by atoms with van der Waals surface area (Å²) < 4.78 is 2.12. The average Bonchev–Trinajstić information content (AvgIpc) is 2.60. The van der Waals surface area contributed by atoms with Crippen molar-refractivity contribution in [3.05, 3.63) is 24.0 Å². The quantitative estimate of drug-likeness (QED) is 0.710. The maximum atomic E-state index is 8.98. The molecule has 0 unspecified atom stereocenters. The van der Waals surface area contributed by atoms with Crippen molar-refractivity contribution in [2.24, 2.45) is 0 Å². The molecule has 0 atom stereocenters. The Hall–Kier alpha value is -0.410. The van der Waals surface area contributed by atoms with Gasteiger partial charge in [-0.15, -0.1) is 0 Å². The number of aliphatic hydroxyl groups excluding tert-OH is 1. The number of thioether (sulfide) groups is 1. The van der Waals surface area contributed by atoms with Gasteiger partial charge in [0.2, 0.25) is 0 Å². The van der Waals surface area contributed by atoms with E-state index in [4.69, 9.17) is 5.11 Å². The highest BCUT2D eigenvalue weighted by Gasteiger charge is 1.97. The summed E-state index contributed by atoms with van der Waals surface area (Å²) in [6.07, 6.45) is 3.21. The van der Waals surface area contributed by atoms with E-state index in [1.807, 2.05) is 30.1 Å². The van der Waals surface area contributed by atoms with Crippen LogP contribution in [0.4, 0.5) is 0 Å². The van der Waals surface area contributed by atoms with Gasteiger partial charge < -0.3 is 9.67 Å². The van der Waals surface area contributed by atoms with Gasteiger partial charge in [0.15, 0.2) is 0 Å². The maximum absolute atomic E-state index is 8.98. The zero-order valence-electron chi connectivity index (χ0n) is 8.07. The van der Waals surface area contributed by atoms with Crippen LogP contribution in [0.5, 0.6) is 0 Å². The molecule has 3 heteroatoms. The minimum Gasteiger partial charge on any atom is -0.390 e.